The Bertz CT molecular complexity index is 421. The van der Waals surface area contributed by atoms with Crippen LogP contribution >= 0.6 is 11.6 Å². The van der Waals surface area contributed by atoms with Gasteiger partial charge in [0.05, 0.1) is 9.95 Å². The fraction of sp³-hybridized carbons (Fsp3) is 0.538. The lowest BCUT2D eigenvalue weighted by Crippen LogP contribution is -2.22. The Morgan fingerprint density at radius 1 is 1.44 bits per heavy atom. The molecule has 2 N–H and O–H groups in total. The molecule has 0 aliphatic heterocycles. The highest BCUT2D eigenvalue weighted by molar-refractivity contribution is 6.31. The zero-order chi connectivity index (χ0) is 13.7. The van der Waals surface area contributed by atoms with Crippen LogP contribution < -0.4 is 5.73 Å². The van der Waals surface area contributed by atoms with Crippen LogP contribution in [-0.2, 0) is 6.42 Å². The molecule has 0 aliphatic carbocycles. The van der Waals surface area contributed by atoms with Crippen molar-refractivity contribution < 1.29 is 4.92 Å². The second kappa shape index (κ2) is 6.71. The summed E-state index contributed by atoms with van der Waals surface area (Å²) in [5.41, 5.74) is 6.94. The van der Waals surface area contributed by atoms with E-state index in [0.717, 1.165) is 24.8 Å². The van der Waals surface area contributed by atoms with Crippen molar-refractivity contribution in [3.05, 3.63) is 38.9 Å². The van der Waals surface area contributed by atoms with Crippen molar-refractivity contribution in [3.63, 3.8) is 0 Å². The minimum Gasteiger partial charge on any atom is -0.328 e. The Balaban J connectivity index is 2.60. The number of aryl methyl sites for hydroxylation is 1. The molecule has 1 aromatic rings. The molecule has 0 saturated heterocycles. The summed E-state index contributed by atoms with van der Waals surface area (Å²) in [5, 5.41) is 11.0. The number of rotatable bonds is 6. The van der Waals surface area contributed by atoms with Crippen molar-refractivity contribution in [2.24, 2.45) is 11.7 Å². The van der Waals surface area contributed by atoms with E-state index in [4.69, 9.17) is 17.3 Å². The monoisotopic (exact) mass is 270 g/mol. The molecule has 1 unspecified atom stereocenters. The van der Waals surface area contributed by atoms with E-state index in [1.165, 1.54) is 12.1 Å². The number of nitrogens with zero attached hydrogens (tertiary/aromatic N) is 1. The smallest absolute Gasteiger partial charge is 0.270 e. The molecular weight excluding hydrogens is 252 g/mol. The highest BCUT2D eigenvalue weighted by Gasteiger charge is 2.11. The van der Waals surface area contributed by atoms with Gasteiger partial charge in [0.25, 0.3) is 5.69 Å². The lowest BCUT2D eigenvalue weighted by Gasteiger charge is -2.14. The molecule has 18 heavy (non-hydrogen) atoms. The van der Waals surface area contributed by atoms with E-state index in [9.17, 15) is 10.1 Å². The first-order valence-electron chi connectivity index (χ1n) is 6.08. The molecule has 0 bridgehead atoms. The molecule has 100 valence electrons. The summed E-state index contributed by atoms with van der Waals surface area (Å²) in [6.07, 6.45) is 2.57. The summed E-state index contributed by atoms with van der Waals surface area (Å²) in [6, 6.07) is 4.74. The van der Waals surface area contributed by atoms with Gasteiger partial charge in [0.1, 0.15) is 0 Å². The van der Waals surface area contributed by atoms with Crippen LogP contribution in [0.1, 0.15) is 32.3 Å². The predicted molar refractivity (Wildman–Crippen MR) is 73.9 cm³/mol. The Kier molecular flexibility index (Phi) is 5.56. The first-order chi connectivity index (χ1) is 8.40. The maximum atomic E-state index is 10.6. The average Bonchev–Trinajstić information content (AvgIpc) is 2.26. The van der Waals surface area contributed by atoms with Gasteiger partial charge in [-0.3, -0.25) is 10.1 Å². The van der Waals surface area contributed by atoms with Gasteiger partial charge in [-0.2, -0.15) is 0 Å². The molecule has 0 heterocycles. The number of hydrogen-bond acceptors (Lipinski definition) is 3. The maximum absolute atomic E-state index is 10.6. The highest BCUT2D eigenvalue weighted by Crippen LogP contribution is 2.24. The van der Waals surface area contributed by atoms with Crippen LogP contribution in [0.2, 0.25) is 5.02 Å². The fourth-order valence-electron chi connectivity index (χ4n) is 1.92. The number of halogens is 1. The molecule has 0 fully saturated rings. The zero-order valence-electron chi connectivity index (χ0n) is 10.7. The number of nitro benzene ring substituents is 1. The van der Waals surface area contributed by atoms with Gasteiger partial charge < -0.3 is 5.73 Å². The Morgan fingerprint density at radius 2 is 2.11 bits per heavy atom. The third kappa shape index (κ3) is 4.63. The normalized spacial score (nSPS) is 12.7. The molecule has 1 aromatic carbocycles. The standard InChI is InChI=1S/C13H19ClN2O2/c1-9(2)7-11(15)5-3-10-4-6-12(16(17)18)8-13(10)14/h4,6,8-9,11H,3,5,7,15H2,1-2H3. The molecule has 0 amide bonds. The summed E-state index contributed by atoms with van der Waals surface area (Å²) >= 11 is 6.02. The third-order valence-electron chi connectivity index (χ3n) is 2.81. The van der Waals surface area contributed by atoms with Gasteiger partial charge in [0.15, 0.2) is 0 Å². The van der Waals surface area contributed by atoms with E-state index in [1.807, 2.05) is 0 Å². The van der Waals surface area contributed by atoms with Gasteiger partial charge in [-0.15, -0.1) is 0 Å². The number of benzene rings is 1. The summed E-state index contributed by atoms with van der Waals surface area (Å²) in [7, 11) is 0. The molecule has 0 saturated carbocycles. The molecule has 0 aromatic heterocycles. The van der Waals surface area contributed by atoms with E-state index in [2.05, 4.69) is 13.8 Å². The van der Waals surface area contributed by atoms with E-state index in [-0.39, 0.29) is 11.7 Å². The molecule has 0 aliphatic rings. The SMILES string of the molecule is CC(C)CC(N)CCc1ccc([N+](=O)[O-])cc1Cl. The Hall–Kier alpha value is -1.13. The first-order valence-corrected chi connectivity index (χ1v) is 6.46. The maximum Gasteiger partial charge on any atom is 0.270 e. The number of non-ortho nitro benzene ring substituents is 1. The van der Waals surface area contributed by atoms with Gasteiger partial charge in [0, 0.05) is 18.2 Å². The fourth-order valence-corrected chi connectivity index (χ4v) is 2.19. The third-order valence-corrected chi connectivity index (χ3v) is 3.16. The van der Waals surface area contributed by atoms with Crippen molar-refractivity contribution >= 4 is 17.3 Å². The predicted octanol–water partition coefficient (Wildman–Crippen LogP) is 3.55. The molecule has 4 nitrogen and oxygen atoms in total. The van der Waals surface area contributed by atoms with E-state index >= 15 is 0 Å². The lowest BCUT2D eigenvalue weighted by atomic mass is 9.98. The summed E-state index contributed by atoms with van der Waals surface area (Å²) in [4.78, 5) is 10.1. The molecule has 5 heteroatoms. The molecule has 0 spiro atoms. The van der Waals surface area contributed by atoms with Crippen LogP contribution in [0.4, 0.5) is 5.69 Å². The average molecular weight is 271 g/mol. The van der Waals surface area contributed by atoms with E-state index in [1.54, 1.807) is 6.07 Å². The first kappa shape index (κ1) is 14.9. The van der Waals surface area contributed by atoms with Crippen molar-refractivity contribution in [1.29, 1.82) is 0 Å². The summed E-state index contributed by atoms with van der Waals surface area (Å²) < 4.78 is 0. The summed E-state index contributed by atoms with van der Waals surface area (Å²) in [5.74, 6) is 0.576. The topological polar surface area (TPSA) is 69.2 Å². The van der Waals surface area contributed by atoms with Gasteiger partial charge in [-0.05, 0) is 30.7 Å². The van der Waals surface area contributed by atoms with E-state index < -0.39 is 4.92 Å². The van der Waals surface area contributed by atoms with Gasteiger partial charge in [0.2, 0.25) is 0 Å². The zero-order valence-corrected chi connectivity index (χ0v) is 11.5. The molecule has 0 radical (unpaired) electrons. The van der Waals surface area contributed by atoms with Crippen molar-refractivity contribution in [3.8, 4) is 0 Å². The minimum absolute atomic E-state index is 0.0234. The van der Waals surface area contributed by atoms with Gasteiger partial charge >= 0.3 is 0 Å². The van der Waals surface area contributed by atoms with Crippen molar-refractivity contribution in [1.82, 2.24) is 0 Å². The number of hydrogen-bond donors (Lipinski definition) is 1. The Morgan fingerprint density at radius 3 is 2.61 bits per heavy atom. The van der Waals surface area contributed by atoms with Crippen LogP contribution in [0.3, 0.4) is 0 Å². The highest BCUT2D eigenvalue weighted by atomic mass is 35.5. The van der Waals surface area contributed by atoms with Crippen molar-refractivity contribution in [2.45, 2.75) is 39.2 Å². The molecule has 1 rings (SSSR count). The lowest BCUT2D eigenvalue weighted by molar-refractivity contribution is -0.384. The molecule has 1 atom stereocenters. The number of nitro groups is 1. The van der Waals surface area contributed by atoms with Crippen molar-refractivity contribution in [2.75, 3.05) is 0 Å². The van der Waals surface area contributed by atoms with Crippen LogP contribution in [0, 0.1) is 16.0 Å². The van der Waals surface area contributed by atoms with Crippen LogP contribution in [0.5, 0.6) is 0 Å². The Labute approximate surface area is 112 Å². The van der Waals surface area contributed by atoms with Gasteiger partial charge in [-0.1, -0.05) is 31.5 Å². The second-order valence-corrected chi connectivity index (χ2v) is 5.37. The quantitative estimate of drug-likeness (QED) is 0.635. The van der Waals surface area contributed by atoms with E-state index in [0.29, 0.717) is 10.9 Å². The largest absolute Gasteiger partial charge is 0.328 e. The second-order valence-electron chi connectivity index (χ2n) is 4.96. The van der Waals surface area contributed by atoms with Gasteiger partial charge in [-0.25, -0.2) is 0 Å². The number of nitrogens with two attached hydrogens (primary N) is 1. The summed E-state index contributed by atoms with van der Waals surface area (Å²) in [6.45, 7) is 4.28. The van der Waals surface area contributed by atoms with Crippen LogP contribution in [0.25, 0.3) is 0 Å². The van der Waals surface area contributed by atoms with Crippen LogP contribution in [-0.4, -0.2) is 11.0 Å². The minimum atomic E-state index is -0.444. The van der Waals surface area contributed by atoms with Crippen LogP contribution in [0.15, 0.2) is 18.2 Å². The molecular formula is C13H19ClN2O2.